The lowest BCUT2D eigenvalue weighted by atomic mass is 9.94. The van der Waals surface area contributed by atoms with Gasteiger partial charge < -0.3 is 10.6 Å². The lowest BCUT2D eigenvalue weighted by Crippen LogP contribution is -2.34. The Morgan fingerprint density at radius 1 is 1.36 bits per heavy atom. The molecule has 116 valence electrons. The third-order valence-corrected chi connectivity index (χ3v) is 3.88. The molecule has 0 aliphatic heterocycles. The smallest absolute Gasteiger partial charge is 0.319 e. The number of fused-ring (bicyclic) bond motifs is 1. The van der Waals surface area contributed by atoms with E-state index >= 15 is 0 Å². The van der Waals surface area contributed by atoms with Gasteiger partial charge in [0, 0.05) is 30.3 Å². The molecule has 2 aromatic heterocycles. The van der Waals surface area contributed by atoms with Crippen molar-refractivity contribution in [1.29, 1.82) is 0 Å². The van der Waals surface area contributed by atoms with E-state index in [1.165, 1.54) is 5.56 Å². The third kappa shape index (κ3) is 3.10. The summed E-state index contributed by atoms with van der Waals surface area (Å²) in [7, 11) is 0. The number of urea groups is 1. The number of aromatic nitrogens is 3. The van der Waals surface area contributed by atoms with Crippen LogP contribution in [0.25, 0.3) is 0 Å². The Morgan fingerprint density at radius 3 is 2.86 bits per heavy atom. The minimum Gasteiger partial charge on any atom is -0.329 e. The maximum absolute atomic E-state index is 12.2. The van der Waals surface area contributed by atoms with Gasteiger partial charge in [-0.2, -0.15) is 5.10 Å². The van der Waals surface area contributed by atoms with E-state index in [2.05, 4.69) is 40.8 Å². The first-order chi connectivity index (χ1) is 10.6. The van der Waals surface area contributed by atoms with E-state index in [0.717, 1.165) is 30.6 Å². The highest BCUT2D eigenvalue weighted by molar-refractivity contribution is 5.89. The summed E-state index contributed by atoms with van der Waals surface area (Å²) in [6.45, 7) is 4.22. The van der Waals surface area contributed by atoms with Crippen LogP contribution in [0.2, 0.25) is 0 Å². The molecule has 0 saturated heterocycles. The van der Waals surface area contributed by atoms with Gasteiger partial charge in [0.2, 0.25) is 0 Å². The van der Waals surface area contributed by atoms with Gasteiger partial charge >= 0.3 is 6.03 Å². The van der Waals surface area contributed by atoms with Crippen LogP contribution < -0.4 is 10.6 Å². The fourth-order valence-corrected chi connectivity index (χ4v) is 2.73. The second kappa shape index (κ2) is 6.17. The molecule has 0 saturated carbocycles. The van der Waals surface area contributed by atoms with Crippen LogP contribution in [0.15, 0.2) is 30.7 Å². The van der Waals surface area contributed by atoms with Crippen LogP contribution in [-0.4, -0.2) is 20.8 Å². The van der Waals surface area contributed by atoms with Gasteiger partial charge in [0.15, 0.2) is 0 Å². The minimum atomic E-state index is -0.205. The zero-order valence-electron chi connectivity index (χ0n) is 12.9. The number of amides is 2. The molecular weight excluding hydrogens is 278 g/mol. The fourth-order valence-electron chi connectivity index (χ4n) is 2.73. The summed E-state index contributed by atoms with van der Waals surface area (Å²) in [5, 5.41) is 10.5. The van der Waals surface area contributed by atoms with Crippen LogP contribution in [0.5, 0.6) is 0 Å². The molecule has 2 N–H and O–H groups in total. The average Bonchev–Trinajstić information content (AvgIpc) is 2.93. The highest BCUT2D eigenvalue weighted by Gasteiger charge is 2.25. The average molecular weight is 299 g/mol. The molecular formula is C16H21N5O. The first-order valence-electron chi connectivity index (χ1n) is 7.69. The van der Waals surface area contributed by atoms with E-state index in [4.69, 9.17) is 0 Å². The van der Waals surface area contributed by atoms with E-state index < -0.39 is 0 Å². The van der Waals surface area contributed by atoms with E-state index in [-0.39, 0.29) is 12.1 Å². The molecule has 6 heteroatoms. The maximum Gasteiger partial charge on any atom is 0.319 e. The lowest BCUT2D eigenvalue weighted by Gasteiger charge is -2.22. The fraction of sp³-hybridized carbons (Fsp3) is 0.438. The molecule has 2 aromatic rings. The van der Waals surface area contributed by atoms with Crippen LogP contribution in [0.3, 0.4) is 0 Å². The summed E-state index contributed by atoms with van der Waals surface area (Å²) in [4.78, 5) is 16.1. The van der Waals surface area contributed by atoms with Crippen LogP contribution in [0.1, 0.15) is 50.0 Å². The first-order valence-corrected chi connectivity index (χ1v) is 7.69. The molecule has 0 fully saturated rings. The van der Waals surface area contributed by atoms with E-state index in [1.807, 2.05) is 4.68 Å². The molecule has 0 spiro atoms. The summed E-state index contributed by atoms with van der Waals surface area (Å²) in [6, 6.07) is 3.63. The van der Waals surface area contributed by atoms with Gasteiger partial charge in [-0.05, 0) is 50.8 Å². The predicted molar refractivity (Wildman–Crippen MR) is 84.7 cm³/mol. The van der Waals surface area contributed by atoms with Crippen molar-refractivity contribution in [2.75, 3.05) is 5.32 Å². The number of nitrogens with one attached hydrogen (secondary N) is 2. The summed E-state index contributed by atoms with van der Waals surface area (Å²) in [5.41, 5.74) is 2.98. The van der Waals surface area contributed by atoms with Gasteiger partial charge in [-0.3, -0.25) is 9.67 Å². The Bertz CT molecular complexity index is 650. The third-order valence-electron chi connectivity index (χ3n) is 3.88. The monoisotopic (exact) mass is 299 g/mol. The molecule has 0 radical (unpaired) electrons. The van der Waals surface area contributed by atoms with Crippen molar-refractivity contribution in [2.24, 2.45) is 0 Å². The Labute approximate surface area is 129 Å². The van der Waals surface area contributed by atoms with Crippen LogP contribution >= 0.6 is 0 Å². The molecule has 1 atom stereocenters. The maximum atomic E-state index is 12.2. The van der Waals surface area contributed by atoms with Gasteiger partial charge in [-0.25, -0.2) is 4.79 Å². The lowest BCUT2D eigenvalue weighted by molar-refractivity contribution is 0.246. The second-order valence-electron chi connectivity index (χ2n) is 5.89. The topological polar surface area (TPSA) is 71.8 Å². The van der Waals surface area contributed by atoms with Gasteiger partial charge in [-0.15, -0.1) is 0 Å². The van der Waals surface area contributed by atoms with E-state index in [9.17, 15) is 4.79 Å². The predicted octanol–water partition coefficient (Wildman–Crippen LogP) is 3.06. The van der Waals surface area contributed by atoms with Crippen LogP contribution in [-0.2, 0) is 6.42 Å². The van der Waals surface area contributed by atoms with Crippen molar-refractivity contribution >= 4 is 11.7 Å². The summed E-state index contributed by atoms with van der Waals surface area (Å²) < 4.78 is 1.98. The van der Waals surface area contributed by atoms with Crippen molar-refractivity contribution in [2.45, 2.75) is 45.2 Å². The molecule has 0 unspecified atom stereocenters. The second-order valence-corrected chi connectivity index (χ2v) is 5.89. The molecule has 2 amide bonds. The number of aryl methyl sites for hydroxylation is 1. The molecule has 2 heterocycles. The number of rotatable bonds is 3. The van der Waals surface area contributed by atoms with Gasteiger partial charge in [0.05, 0.1) is 11.7 Å². The standard InChI is InChI=1S/C16H21N5O/c1-11(2)21-10-12-4-3-5-14(15(12)20-21)19-16(22)18-13-6-8-17-9-7-13/h6-11,14H,3-5H2,1-2H3,(H2,17,18,19,22)/t14-/m0/s1. The normalized spacial score (nSPS) is 17.1. The quantitative estimate of drug-likeness (QED) is 0.915. The molecule has 0 aromatic carbocycles. The van der Waals surface area contributed by atoms with E-state index in [0.29, 0.717) is 6.04 Å². The largest absolute Gasteiger partial charge is 0.329 e. The van der Waals surface area contributed by atoms with Crippen molar-refractivity contribution in [1.82, 2.24) is 20.1 Å². The van der Waals surface area contributed by atoms with Crippen molar-refractivity contribution in [3.63, 3.8) is 0 Å². The summed E-state index contributed by atoms with van der Waals surface area (Å²) in [5.74, 6) is 0. The Morgan fingerprint density at radius 2 is 2.14 bits per heavy atom. The van der Waals surface area contributed by atoms with Crippen molar-refractivity contribution < 1.29 is 4.79 Å². The number of hydrogen-bond donors (Lipinski definition) is 2. The zero-order chi connectivity index (χ0) is 15.5. The van der Waals surface area contributed by atoms with E-state index in [1.54, 1.807) is 24.5 Å². The minimum absolute atomic E-state index is 0.0226. The van der Waals surface area contributed by atoms with Gasteiger partial charge in [0.1, 0.15) is 0 Å². The van der Waals surface area contributed by atoms with Gasteiger partial charge in [-0.1, -0.05) is 0 Å². The number of anilines is 1. The number of pyridine rings is 1. The Balaban J connectivity index is 1.70. The Kier molecular flexibility index (Phi) is 4.09. The summed E-state index contributed by atoms with van der Waals surface area (Å²) >= 11 is 0. The molecule has 22 heavy (non-hydrogen) atoms. The van der Waals surface area contributed by atoms with Crippen molar-refractivity contribution in [3.8, 4) is 0 Å². The highest BCUT2D eigenvalue weighted by atomic mass is 16.2. The SMILES string of the molecule is CC(C)n1cc2c(n1)[C@@H](NC(=O)Nc1ccncc1)CCC2. The zero-order valence-corrected chi connectivity index (χ0v) is 12.9. The Hall–Kier alpha value is -2.37. The number of hydrogen-bond acceptors (Lipinski definition) is 3. The van der Waals surface area contributed by atoms with Crippen molar-refractivity contribution in [3.05, 3.63) is 42.0 Å². The molecule has 3 rings (SSSR count). The number of nitrogens with zero attached hydrogens (tertiary/aromatic N) is 3. The number of carbonyl (C=O) groups is 1. The molecule has 1 aliphatic carbocycles. The summed E-state index contributed by atoms with van der Waals surface area (Å²) in [6.07, 6.45) is 8.43. The van der Waals surface area contributed by atoms with Gasteiger partial charge in [0.25, 0.3) is 0 Å². The molecule has 6 nitrogen and oxygen atoms in total. The first kappa shape index (κ1) is 14.6. The van der Waals surface area contributed by atoms with Crippen LogP contribution in [0.4, 0.5) is 10.5 Å². The molecule has 0 bridgehead atoms. The van der Waals surface area contributed by atoms with Crippen LogP contribution in [0, 0.1) is 0 Å². The molecule has 1 aliphatic rings. The number of carbonyl (C=O) groups excluding carboxylic acids is 1. The highest BCUT2D eigenvalue weighted by Crippen LogP contribution is 2.29.